The second kappa shape index (κ2) is 6.50. The van der Waals surface area contributed by atoms with Crippen molar-refractivity contribution >= 4 is 5.91 Å². The lowest BCUT2D eigenvalue weighted by molar-refractivity contribution is -0.122. The third-order valence-electron chi connectivity index (χ3n) is 3.99. The smallest absolute Gasteiger partial charge is 0.233 e. The number of likely N-dealkylation sites (tertiary alicyclic amines) is 1. The van der Waals surface area contributed by atoms with E-state index < -0.39 is 0 Å². The molecule has 2 aliphatic heterocycles. The molecule has 104 valence electrons. The lowest BCUT2D eigenvalue weighted by Gasteiger charge is -2.41. The van der Waals surface area contributed by atoms with Gasteiger partial charge in [0, 0.05) is 39.3 Å². The minimum Gasteiger partial charge on any atom is -0.376 e. The van der Waals surface area contributed by atoms with Crippen LogP contribution < -0.4 is 5.32 Å². The molecule has 1 unspecified atom stereocenters. The summed E-state index contributed by atoms with van der Waals surface area (Å²) < 4.78 is 5.58. The van der Waals surface area contributed by atoms with Crippen molar-refractivity contribution in [1.82, 2.24) is 15.1 Å². The molecule has 1 atom stereocenters. The van der Waals surface area contributed by atoms with Gasteiger partial charge in [0.25, 0.3) is 0 Å². The fourth-order valence-electron chi connectivity index (χ4n) is 2.90. The minimum absolute atomic E-state index is 0.119. The molecule has 0 aromatic heterocycles. The number of morpholine rings is 1. The van der Waals surface area contributed by atoms with E-state index in [1.807, 2.05) is 0 Å². The Morgan fingerprint density at radius 1 is 1.33 bits per heavy atom. The zero-order valence-corrected chi connectivity index (χ0v) is 11.5. The van der Waals surface area contributed by atoms with E-state index in [0.29, 0.717) is 18.7 Å². The molecule has 2 heterocycles. The van der Waals surface area contributed by atoms with Gasteiger partial charge in [-0.2, -0.15) is 0 Å². The first-order chi connectivity index (χ1) is 8.69. The van der Waals surface area contributed by atoms with Crippen molar-refractivity contribution < 1.29 is 9.53 Å². The van der Waals surface area contributed by atoms with Crippen LogP contribution in [0.25, 0.3) is 0 Å². The fourth-order valence-corrected chi connectivity index (χ4v) is 2.90. The summed E-state index contributed by atoms with van der Waals surface area (Å²) in [6.45, 7) is 7.73. The molecule has 0 aliphatic carbocycles. The zero-order valence-electron chi connectivity index (χ0n) is 11.5. The average Bonchev–Trinajstić information content (AvgIpc) is 2.39. The summed E-state index contributed by atoms with van der Waals surface area (Å²) in [6.07, 6.45) is 2.70. The quantitative estimate of drug-likeness (QED) is 0.766. The molecule has 1 N–H and O–H groups in total. The third kappa shape index (κ3) is 3.67. The first kappa shape index (κ1) is 13.8. The van der Waals surface area contributed by atoms with Crippen molar-refractivity contribution in [3.63, 3.8) is 0 Å². The molecule has 0 radical (unpaired) electrons. The van der Waals surface area contributed by atoms with Gasteiger partial charge in [-0.15, -0.1) is 0 Å². The molecule has 0 aromatic carbocycles. The van der Waals surface area contributed by atoms with E-state index in [9.17, 15) is 4.79 Å². The predicted molar refractivity (Wildman–Crippen MR) is 70.5 cm³/mol. The van der Waals surface area contributed by atoms with Crippen LogP contribution in [0.2, 0.25) is 0 Å². The maximum atomic E-state index is 11.3. The highest BCUT2D eigenvalue weighted by Crippen LogP contribution is 2.19. The summed E-state index contributed by atoms with van der Waals surface area (Å²) in [5.41, 5.74) is 0. The van der Waals surface area contributed by atoms with Crippen LogP contribution >= 0.6 is 0 Å². The molecule has 0 spiro atoms. The first-order valence-electron chi connectivity index (χ1n) is 6.97. The molecule has 2 aliphatic rings. The molecule has 0 saturated carbocycles. The lowest BCUT2D eigenvalue weighted by Crippen LogP contribution is -2.51. The molecule has 0 bridgehead atoms. The molecule has 5 nitrogen and oxygen atoms in total. The number of rotatable bonds is 3. The van der Waals surface area contributed by atoms with Crippen molar-refractivity contribution in [3.8, 4) is 0 Å². The van der Waals surface area contributed by atoms with Crippen molar-refractivity contribution in [1.29, 1.82) is 0 Å². The van der Waals surface area contributed by atoms with Crippen LogP contribution in [0.1, 0.15) is 19.8 Å². The number of carbonyl (C=O) groups is 1. The van der Waals surface area contributed by atoms with Crippen LogP contribution in [0.3, 0.4) is 0 Å². The Hall–Kier alpha value is -0.650. The molecule has 2 rings (SSSR count). The highest BCUT2D eigenvalue weighted by molar-refractivity contribution is 5.77. The second-order valence-corrected chi connectivity index (χ2v) is 5.36. The van der Waals surface area contributed by atoms with Gasteiger partial charge in [0.2, 0.25) is 5.91 Å². The van der Waals surface area contributed by atoms with E-state index >= 15 is 0 Å². The van der Waals surface area contributed by atoms with E-state index in [1.54, 1.807) is 7.05 Å². The molecule has 0 aromatic rings. The fraction of sp³-hybridized carbons (Fsp3) is 0.923. The molecule has 1 amide bonds. The minimum atomic E-state index is 0.119. The van der Waals surface area contributed by atoms with Crippen molar-refractivity contribution in [2.24, 2.45) is 0 Å². The summed E-state index contributed by atoms with van der Waals surface area (Å²) in [5, 5.41) is 2.69. The molecule has 2 fully saturated rings. The normalized spacial score (nSPS) is 28.2. The topological polar surface area (TPSA) is 44.8 Å². The van der Waals surface area contributed by atoms with Crippen LogP contribution in [0.5, 0.6) is 0 Å². The van der Waals surface area contributed by atoms with E-state index in [4.69, 9.17) is 4.74 Å². The number of nitrogens with zero attached hydrogens (tertiary/aromatic N) is 2. The zero-order chi connectivity index (χ0) is 13.0. The van der Waals surface area contributed by atoms with Gasteiger partial charge in [0.1, 0.15) is 0 Å². The number of carbonyl (C=O) groups excluding carboxylic acids is 1. The van der Waals surface area contributed by atoms with Crippen molar-refractivity contribution in [3.05, 3.63) is 0 Å². The second-order valence-electron chi connectivity index (χ2n) is 5.36. The molecular formula is C13H25N3O2. The molecule has 18 heavy (non-hydrogen) atoms. The van der Waals surface area contributed by atoms with Gasteiger partial charge in [-0.25, -0.2) is 0 Å². The van der Waals surface area contributed by atoms with Gasteiger partial charge >= 0.3 is 0 Å². The van der Waals surface area contributed by atoms with E-state index in [2.05, 4.69) is 22.0 Å². The van der Waals surface area contributed by atoms with Crippen LogP contribution in [0.4, 0.5) is 0 Å². The Morgan fingerprint density at radius 2 is 2.06 bits per heavy atom. The standard InChI is InChI=1S/C13H25N3O2/c1-11-9-16(7-8-18-11)12-3-5-15(6-4-12)10-13(17)14-2/h11-12H,3-10H2,1-2H3,(H,14,17). The van der Waals surface area contributed by atoms with Crippen LogP contribution in [0, 0.1) is 0 Å². The van der Waals surface area contributed by atoms with Crippen LogP contribution in [-0.2, 0) is 9.53 Å². The summed E-state index contributed by atoms with van der Waals surface area (Å²) in [5.74, 6) is 0.119. The highest BCUT2D eigenvalue weighted by atomic mass is 16.5. The number of amides is 1. The van der Waals surface area contributed by atoms with E-state index in [1.165, 1.54) is 12.8 Å². The number of ether oxygens (including phenoxy) is 1. The number of likely N-dealkylation sites (N-methyl/N-ethyl adjacent to an activating group) is 1. The average molecular weight is 255 g/mol. The number of piperidine rings is 1. The molecule has 2 saturated heterocycles. The maximum absolute atomic E-state index is 11.3. The SMILES string of the molecule is CNC(=O)CN1CCC(N2CCOC(C)C2)CC1. The summed E-state index contributed by atoms with van der Waals surface area (Å²) in [4.78, 5) is 16.1. The Kier molecular flexibility index (Phi) is 4.97. The highest BCUT2D eigenvalue weighted by Gasteiger charge is 2.28. The Morgan fingerprint density at radius 3 is 2.67 bits per heavy atom. The van der Waals surface area contributed by atoms with Crippen molar-refractivity contribution in [2.75, 3.05) is 46.4 Å². The van der Waals surface area contributed by atoms with Gasteiger partial charge in [0.05, 0.1) is 19.3 Å². The largest absolute Gasteiger partial charge is 0.376 e. The molecule has 5 heteroatoms. The van der Waals surface area contributed by atoms with E-state index in [-0.39, 0.29) is 5.91 Å². The number of hydrogen-bond acceptors (Lipinski definition) is 4. The number of hydrogen-bond donors (Lipinski definition) is 1. The monoisotopic (exact) mass is 255 g/mol. The van der Waals surface area contributed by atoms with Crippen LogP contribution in [0.15, 0.2) is 0 Å². The van der Waals surface area contributed by atoms with Gasteiger partial charge in [-0.1, -0.05) is 0 Å². The Labute approximate surface area is 109 Å². The Balaban J connectivity index is 1.74. The van der Waals surface area contributed by atoms with Gasteiger partial charge < -0.3 is 10.1 Å². The first-order valence-corrected chi connectivity index (χ1v) is 6.97. The number of nitrogens with one attached hydrogen (secondary N) is 1. The third-order valence-corrected chi connectivity index (χ3v) is 3.99. The maximum Gasteiger partial charge on any atom is 0.233 e. The van der Waals surface area contributed by atoms with Crippen molar-refractivity contribution in [2.45, 2.75) is 31.9 Å². The molecular weight excluding hydrogens is 230 g/mol. The predicted octanol–water partition coefficient (Wildman–Crippen LogP) is -0.0825. The van der Waals surface area contributed by atoms with Gasteiger partial charge in [-0.05, 0) is 19.8 Å². The summed E-state index contributed by atoms with van der Waals surface area (Å²) >= 11 is 0. The van der Waals surface area contributed by atoms with Crippen LogP contribution in [-0.4, -0.2) is 74.2 Å². The summed E-state index contributed by atoms with van der Waals surface area (Å²) in [6, 6.07) is 0.678. The van der Waals surface area contributed by atoms with Gasteiger partial charge in [-0.3, -0.25) is 14.6 Å². The van der Waals surface area contributed by atoms with E-state index in [0.717, 1.165) is 32.8 Å². The lowest BCUT2D eigenvalue weighted by atomic mass is 10.0. The summed E-state index contributed by atoms with van der Waals surface area (Å²) in [7, 11) is 1.70. The Bertz CT molecular complexity index is 277. The van der Waals surface area contributed by atoms with Gasteiger partial charge in [0.15, 0.2) is 0 Å².